The van der Waals surface area contributed by atoms with Gasteiger partial charge in [-0.3, -0.25) is 14.9 Å². The Hall–Kier alpha value is -2.97. The molecule has 6 nitrogen and oxygen atoms in total. The average Bonchev–Trinajstić information content (AvgIpc) is 3.61. The molecule has 0 aliphatic heterocycles. The van der Waals surface area contributed by atoms with Crippen molar-refractivity contribution in [1.29, 1.82) is 0 Å². The Kier molecular flexibility index (Phi) is 5.21. The fourth-order valence-electron chi connectivity index (χ4n) is 3.18. The molecule has 2 saturated carbocycles. The molecule has 2 aliphatic rings. The Morgan fingerprint density at radius 1 is 1.21 bits per heavy atom. The summed E-state index contributed by atoms with van der Waals surface area (Å²) in [7, 11) is 0. The Labute approximate surface area is 166 Å². The lowest BCUT2D eigenvalue weighted by atomic mass is 10.1. The second kappa shape index (κ2) is 7.81. The quantitative estimate of drug-likeness (QED) is 0.766. The van der Waals surface area contributed by atoms with Crippen LogP contribution in [0.3, 0.4) is 0 Å². The number of rotatable bonds is 7. The number of amides is 2. The minimum absolute atomic E-state index is 0. The maximum atomic E-state index is 14.3. The lowest BCUT2D eigenvalue weighted by molar-refractivity contribution is -0.117. The number of hydrogen-bond donors (Lipinski definition) is 1. The number of benzene rings is 1. The zero-order valence-corrected chi connectivity index (χ0v) is 15.4. The number of nitrogens with zero attached hydrogens (tertiary/aromatic N) is 3. The van der Waals surface area contributed by atoms with Crippen molar-refractivity contribution in [2.45, 2.75) is 31.4 Å². The smallest absolute Gasteiger partial charge is 0.254 e. The summed E-state index contributed by atoms with van der Waals surface area (Å²) in [6, 6.07) is 4.30. The molecule has 1 unspecified atom stereocenters. The predicted octanol–water partition coefficient (Wildman–Crippen LogP) is 3.32. The Morgan fingerprint density at radius 2 is 1.90 bits per heavy atom. The van der Waals surface area contributed by atoms with E-state index in [9.17, 15) is 22.8 Å². The summed E-state index contributed by atoms with van der Waals surface area (Å²) in [6.45, 7) is -0.335. The molecular weight excluding hydrogens is 385 g/mol. The molecule has 2 aromatic rings. The molecule has 1 aromatic carbocycles. The SMILES string of the molecule is O=C(CN(C[C@@H]1CC1F)C(=O)c1ccc(C2CC2)c(F)c1)Nc1ncc(F)cn1.[HH]. The van der Waals surface area contributed by atoms with Crippen LogP contribution in [0.5, 0.6) is 0 Å². The standard InChI is InChI=1S/C20H19F3N4O2.H2/c21-14-7-24-20(25-8-14)26-18(28)10-27(9-13-6-16(13)22)19(29)12-3-4-15(11-1-2-11)17(23)5-12;/h3-5,7-8,11,13,16H,1-2,6,9-10H2,(H,24,25,26,28);1H/t13-,16?;/m0./s1. The number of alkyl halides is 1. The van der Waals surface area contributed by atoms with Gasteiger partial charge in [0.25, 0.3) is 5.91 Å². The fourth-order valence-corrected chi connectivity index (χ4v) is 3.18. The third-order valence-electron chi connectivity index (χ3n) is 5.05. The summed E-state index contributed by atoms with van der Waals surface area (Å²) in [4.78, 5) is 33.6. The second-order valence-corrected chi connectivity index (χ2v) is 7.48. The fraction of sp³-hybridized carbons (Fsp3) is 0.400. The van der Waals surface area contributed by atoms with E-state index in [4.69, 9.17) is 0 Å². The van der Waals surface area contributed by atoms with E-state index in [1.807, 2.05) is 0 Å². The van der Waals surface area contributed by atoms with E-state index in [2.05, 4.69) is 15.3 Å². The van der Waals surface area contributed by atoms with Crippen LogP contribution in [0.15, 0.2) is 30.6 Å². The summed E-state index contributed by atoms with van der Waals surface area (Å²) in [5.74, 6) is -2.52. The summed E-state index contributed by atoms with van der Waals surface area (Å²) >= 11 is 0. The van der Waals surface area contributed by atoms with E-state index in [0.29, 0.717) is 12.0 Å². The maximum Gasteiger partial charge on any atom is 0.254 e. The molecule has 2 atom stereocenters. The average molecular weight is 406 g/mol. The molecule has 2 aliphatic carbocycles. The topological polar surface area (TPSA) is 75.2 Å². The van der Waals surface area contributed by atoms with Gasteiger partial charge in [-0.15, -0.1) is 0 Å². The van der Waals surface area contributed by atoms with E-state index in [1.54, 1.807) is 6.07 Å². The van der Waals surface area contributed by atoms with Gasteiger partial charge >= 0.3 is 0 Å². The van der Waals surface area contributed by atoms with Crippen LogP contribution in [0, 0.1) is 17.6 Å². The van der Waals surface area contributed by atoms with Gasteiger partial charge in [-0.05, 0) is 42.9 Å². The zero-order valence-electron chi connectivity index (χ0n) is 15.4. The lowest BCUT2D eigenvalue weighted by Crippen LogP contribution is -2.39. The van der Waals surface area contributed by atoms with Crippen LogP contribution < -0.4 is 5.32 Å². The van der Waals surface area contributed by atoms with Crippen molar-refractivity contribution >= 4 is 17.8 Å². The number of halogens is 3. The van der Waals surface area contributed by atoms with Crippen LogP contribution >= 0.6 is 0 Å². The van der Waals surface area contributed by atoms with Gasteiger partial charge in [0.15, 0.2) is 5.82 Å². The highest BCUT2D eigenvalue weighted by Gasteiger charge is 2.40. The molecule has 9 heteroatoms. The molecule has 0 radical (unpaired) electrons. The van der Waals surface area contributed by atoms with Gasteiger partial charge in [-0.2, -0.15) is 0 Å². The Bertz CT molecular complexity index is 940. The van der Waals surface area contributed by atoms with Crippen molar-refractivity contribution in [1.82, 2.24) is 14.9 Å². The number of aromatic nitrogens is 2. The number of carbonyl (C=O) groups excluding carboxylic acids is 2. The Morgan fingerprint density at radius 3 is 2.48 bits per heavy atom. The number of nitrogens with one attached hydrogen (secondary N) is 1. The number of hydrogen-bond acceptors (Lipinski definition) is 4. The van der Waals surface area contributed by atoms with Gasteiger partial charge in [0, 0.05) is 19.5 Å². The first-order chi connectivity index (χ1) is 13.9. The van der Waals surface area contributed by atoms with Gasteiger partial charge in [0.1, 0.15) is 18.5 Å². The van der Waals surface area contributed by atoms with Crippen molar-refractivity contribution in [2.24, 2.45) is 5.92 Å². The van der Waals surface area contributed by atoms with Crippen LogP contribution in [0.2, 0.25) is 0 Å². The first-order valence-corrected chi connectivity index (χ1v) is 9.41. The molecule has 1 aromatic heterocycles. The summed E-state index contributed by atoms with van der Waals surface area (Å²) in [6.07, 6.45) is 2.97. The summed E-state index contributed by atoms with van der Waals surface area (Å²) in [5, 5.41) is 2.36. The van der Waals surface area contributed by atoms with Gasteiger partial charge < -0.3 is 4.90 Å². The first-order valence-electron chi connectivity index (χ1n) is 9.41. The van der Waals surface area contributed by atoms with Crippen molar-refractivity contribution < 1.29 is 24.2 Å². The molecule has 29 heavy (non-hydrogen) atoms. The highest BCUT2D eigenvalue weighted by atomic mass is 19.1. The first kappa shape index (κ1) is 19.4. The minimum atomic E-state index is -1.01. The van der Waals surface area contributed by atoms with Crippen molar-refractivity contribution in [3.05, 3.63) is 53.4 Å². The molecule has 1 N–H and O–H groups in total. The molecule has 0 bridgehead atoms. The number of anilines is 1. The van der Waals surface area contributed by atoms with Crippen molar-refractivity contribution in [3.8, 4) is 0 Å². The molecule has 2 fully saturated rings. The number of carbonyl (C=O) groups is 2. The van der Waals surface area contributed by atoms with Gasteiger partial charge in [0.2, 0.25) is 11.9 Å². The second-order valence-electron chi connectivity index (χ2n) is 7.48. The largest absolute Gasteiger partial charge is 0.329 e. The summed E-state index contributed by atoms with van der Waals surface area (Å²) < 4.78 is 40.6. The molecule has 0 spiro atoms. The van der Waals surface area contributed by atoms with Crippen LogP contribution in [0.4, 0.5) is 19.1 Å². The van der Waals surface area contributed by atoms with E-state index in [0.717, 1.165) is 25.2 Å². The Balaban J connectivity index is 0.00000256. The minimum Gasteiger partial charge on any atom is -0.329 e. The van der Waals surface area contributed by atoms with Gasteiger partial charge in [0.05, 0.1) is 12.4 Å². The van der Waals surface area contributed by atoms with E-state index >= 15 is 0 Å². The van der Waals surface area contributed by atoms with Crippen LogP contribution in [-0.2, 0) is 4.79 Å². The molecular formula is C20H21F3N4O2. The molecule has 0 saturated heterocycles. The maximum absolute atomic E-state index is 14.3. The molecule has 154 valence electrons. The third kappa shape index (κ3) is 4.72. The predicted molar refractivity (Wildman–Crippen MR) is 100 cm³/mol. The monoisotopic (exact) mass is 406 g/mol. The van der Waals surface area contributed by atoms with Crippen LogP contribution in [0.25, 0.3) is 0 Å². The normalized spacial score (nSPS) is 20.2. The third-order valence-corrected chi connectivity index (χ3v) is 5.05. The molecule has 4 rings (SSSR count). The molecule has 1 heterocycles. The van der Waals surface area contributed by atoms with Crippen LogP contribution in [0.1, 0.15) is 42.5 Å². The van der Waals surface area contributed by atoms with Crippen LogP contribution in [-0.4, -0.2) is 45.9 Å². The van der Waals surface area contributed by atoms with Crippen molar-refractivity contribution in [2.75, 3.05) is 18.4 Å². The lowest BCUT2D eigenvalue weighted by Gasteiger charge is -2.22. The van der Waals surface area contributed by atoms with E-state index in [-0.39, 0.29) is 37.9 Å². The van der Waals surface area contributed by atoms with Crippen molar-refractivity contribution in [3.63, 3.8) is 0 Å². The van der Waals surface area contributed by atoms with E-state index in [1.165, 1.54) is 17.0 Å². The molecule has 2 amide bonds. The summed E-state index contributed by atoms with van der Waals surface area (Å²) in [5.41, 5.74) is 0.694. The van der Waals surface area contributed by atoms with Gasteiger partial charge in [-0.25, -0.2) is 23.1 Å². The van der Waals surface area contributed by atoms with Gasteiger partial charge in [-0.1, -0.05) is 6.07 Å². The zero-order chi connectivity index (χ0) is 20.5. The highest BCUT2D eigenvalue weighted by molar-refractivity contribution is 5.99. The highest BCUT2D eigenvalue weighted by Crippen LogP contribution is 2.41. The van der Waals surface area contributed by atoms with E-state index < -0.39 is 29.6 Å².